The molecule has 0 spiro atoms. The van der Waals surface area contributed by atoms with Gasteiger partial charge in [-0.1, -0.05) is 12.1 Å². The number of aliphatic hydroxyl groups excluding tert-OH is 1. The van der Waals surface area contributed by atoms with Crippen LogP contribution in [0.4, 0.5) is 14.9 Å². The normalized spacial score (nSPS) is 16.7. The van der Waals surface area contributed by atoms with Gasteiger partial charge in [-0.3, -0.25) is 0 Å². The van der Waals surface area contributed by atoms with Crippen molar-refractivity contribution in [2.75, 3.05) is 25.0 Å². The second-order valence-electron chi connectivity index (χ2n) is 4.52. The molecule has 18 heavy (non-hydrogen) atoms. The number of hydrogen-bond acceptors (Lipinski definition) is 2. The van der Waals surface area contributed by atoms with E-state index in [1.807, 2.05) is 0 Å². The Kier molecular flexibility index (Phi) is 4.15. The molecule has 2 N–H and O–H groups in total. The molecule has 0 bridgehead atoms. The van der Waals surface area contributed by atoms with Crippen LogP contribution in [0.5, 0.6) is 0 Å². The van der Waals surface area contributed by atoms with Gasteiger partial charge in [0.05, 0.1) is 5.69 Å². The van der Waals surface area contributed by atoms with Crippen molar-refractivity contribution in [1.29, 1.82) is 0 Å². The third kappa shape index (κ3) is 2.98. The molecular formula is C13H17FN2O2. The molecule has 0 aromatic heterocycles. The second kappa shape index (κ2) is 5.82. The highest BCUT2D eigenvalue weighted by molar-refractivity contribution is 5.89. The number of aliphatic hydroxyl groups is 1. The molecule has 1 aromatic carbocycles. The van der Waals surface area contributed by atoms with Crippen molar-refractivity contribution < 1.29 is 14.3 Å². The van der Waals surface area contributed by atoms with E-state index in [0.29, 0.717) is 13.1 Å². The summed E-state index contributed by atoms with van der Waals surface area (Å²) in [5, 5.41) is 11.6. The van der Waals surface area contributed by atoms with Crippen LogP contribution in [-0.4, -0.2) is 35.7 Å². The number of amides is 2. The summed E-state index contributed by atoms with van der Waals surface area (Å²) in [6.07, 6.45) is 1.59. The van der Waals surface area contributed by atoms with E-state index in [2.05, 4.69) is 5.32 Å². The number of carbonyl (C=O) groups is 1. The number of hydrogen-bond donors (Lipinski definition) is 2. The number of halogens is 1. The maximum Gasteiger partial charge on any atom is 0.321 e. The van der Waals surface area contributed by atoms with Gasteiger partial charge in [-0.2, -0.15) is 0 Å². The zero-order valence-corrected chi connectivity index (χ0v) is 10.1. The van der Waals surface area contributed by atoms with Gasteiger partial charge in [0.15, 0.2) is 0 Å². The smallest absolute Gasteiger partial charge is 0.321 e. The van der Waals surface area contributed by atoms with Gasteiger partial charge in [0.25, 0.3) is 0 Å². The van der Waals surface area contributed by atoms with E-state index >= 15 is 0 Å². The van der Waals surface area contributed by atoms with Crippen molar-refractivity contribution in [2.24, 2.45) is 5.92 Å². The molecule has 0 aliphatic carbocycles. The van der Waals surface area contributed by atoms with Crippen LogP contribution < -0.4 is 5.32 Å². The van der Waals surface area contributed by atoms with E-state index in [1.165, 1.54) is 12.1 Å². The molecule has 98 valence electrons. The number of anilines is 1. The molecule has 0 radical (unpaired) electrons. The molecular weight excluding hydrogens is 235 g/mol. The van der Waals surface area contributed by atoms with Crippen LogP contribution in [0.25, 0.3) is 0 Å². The average molecular weight is 252 g/mol. The van der Waals surface area contributed by atoms with Gasteiger partial charge in [-0.15, -0.1) is 0 Å². The van der Waals surface area contributed by atoms with E-state index in [0.717, 1.165) is 12.8 Å². The van der Waals surface area contributed by atoms with Gasteiger partial charge >= 0.3 is 6.03 Å². The van der Waals surface area contributed by atoms with Gasteiger partial charge in [-0.05, 0) is 30.9 Å². The number of nitrogens with zero attached hydrogens (tertiary/aromatic N) is 1. The van der Waals surface area contributed by atoms with E-state index in [9.17, 15) is 9.18 Å². The predicted octanol–water partition coefficient (Wildman–Crippen LogP) is 2.06. The van der Waals surface area contributed by atoms with Crippen molar-refractivity contribution in [2.45, 2.75) is 12.8 Å². The first-order valence-electron chi connectivity index (χ1n) is 6.12. The molecule has 1 heterocycles. The fraction of sp³-hybridized carbons (Fsp3) is 0.462. The first-order valence-corrected chi connectivity index (χ1v) is 6.12. The number of para-hydroxylation sites is 1. The molecule has 0 unspecified atom stereocenters. The Morgan fingerprint density at radius 3 is 2.67 bits per heavy atom. The molecule has 0 saturated carbocycles. The van der Waals surface area contributed by atoms with Gasteiger partial charge in [-0.25, -0.2) is 9.18 Å². The zero-order chi connectivity index (χ0) is 13.0. The molecule has 1 aliphatic heterocycles. The summed E-state index contributed by atoms with van der Waals surface area (Å²) in [7, 11) is 0. The number of nitrogens with one attached hydrogen (secondary N) is 1. The fourth-order valence-corrected chi connectivity index (χ4v) is 2.08. The number of benzene rings is 1. The van der Waals surface area contributed by atoms with E-state index < -0.39 is 5.82 Å². The highest BCUT2D eigenvalue weighted by Crippen LogP contribution is 2.18. The van der Waals surface area contributed by atoms with Crippen molar-refractivity contribution in [1.82, 2.24) is 4.90 Å². The first kappa shape index (κ1) is 12.8. The molecule has 4 nitrogen and oxygen atoms in total. The summed E-state index contributed by atoms with van der Waals surface area (Å²) in [5.41, 5.74) is 0.201. The van der Waals surface area contributed by atoms with Gasteiger partial charge in [0.1, 0.15) is 5.82 Å². The molecule has 0 atom stereocenters. The fourth-order valence-electron chi connectivity index (χ4n) is 2.08. The summed E-state index contributed by atoms with van der Waals surface area (Å²) in [5.74, 6) is -0.154. The Balaban J connectivity index is 1.91. The molecule has 5 heteroatoms. The van der Waals surface area contributed by atoms with E-state index in [1.54, 1.807) is 17.0 Å². The lowest BCUT2D eigenvalue weighted by Crippen LogP contribution is -2.41. The van der Waals surface area contributed by atoms with Crippen LogP contribution in [0.2, 0.25) is 0 Å². The largest absolute Gasteiger partial charge is 0.396 e. The van der Waals surface area contributed by atoms with Crippen molar-refractivity contribution in [3.63, 3.8) is 0 Å². The Hall–Kier alpha value is -1.62. The maximum atomic E-state index is 13.4. The van der Waals surface area contributed by atoms with Crippen LogP contribution in [0.3, 0.4) is 0 Å². The summed E-state index contributed by atoms with van der Waals surface area (Å²) < 4.78 is 13.4. The monoisotopic (exact) mass is 252 g/mol. The lowest BCUT2D eigenvalue weighted by atomic mass is 9.98. The Labute approximate surface area is 105 Å². The molecule has 1 fully saturated rings. The third-order valence-corrected chi connectivity index (χ3v) is 3.28. The highest BCUT2D eigenvalue weighted by atomic mass is 19.1. The topological polar surface area (TPSA) is 52.6 Å². The Morgan fingerprint density at radius 1 is 1.39 bits per heavy atom. The SMILES string of the molecule is O=C(Nc1ccccc1F)N1CCC(CO)CC1. The van der Waals surface area contributed by atoms with Crippen molar-refractivity contribution in [3.8, 4) is 0 Å². The number of piperidine rings is 1. The predicted molar refractivity (Wildman–Crippen MR) is 66.8 cm³/mol. The standard InChI is InChI=1S/C13H17FN2O2/c14-11-3-1-2-4-12(11)15-13(18)16-7-5-10(9-17)6-8-16/h1-4,10,17H,5-9H2,(H,15,18). The van der Waals surface area contributed by atoms with Gasteiger partial charge in [0.2, 0.25) is 0 Å². The molecule has 2 rings (SSSR count). The minimum Gasteiger partial charge on any atom is -0.396 e. The van der Waals surface area contributed by atoms with Crippen LogP contribution in [0.15, 0.2) is 24.3 Å². The quantitative estimate of drug-likeness (QED) is 0.846. The first-order chi connectivity index (χ1) is 8.70. The van der Waals surface area contributed by atoms with Crippen LogP contribution in [-0.2, 0) is 0 Å². The van der Waals surface area contributed by atoms with Crippen LogP contribution >= 0.6 is 0 Å². The summed E-state index contributed by atoms with van der Waals surface area (Å²) >= 11 is 0. The zero-order valence-electron chi connectivity index (χ0n) is 10.1. The lowest BCUT2D eigenvalue weighted by molar-refractivity contribution is 0.143. The Morgan fingerprint density at radius 2 is 2.06 bits per heavy atom. The minimum atomic E-state index is -0.434. The number of rotatable bonds is 2. The van der Waals surface area contributed by atoms with Crippen molar-refractivity contribution >= 4 is 11.7 Å². The molecule has 2 amide bonds. The average Bonchev–Trinajstić information content (AvgIpc) is 2.41. The second-order valence-corrected chi connectivity index (χ2v) is 4.52. The number of urea groups is 1. The summed E-state index contributed by atoms with van der Waals surface area (Å²) in [6, 6.07) is 5.83. The van der Waals surface area contributed by atoms with E-state index in [4.69, 9.17) is 5.11 Å². The number of carbonyl (C=O) groups excluding carboxylic acids is 1. The maximum absolute atomic E-state index is 13.4. The van der Waals surface area contributed by atoms with Gasteiger partial charge < -0.3 is 15.3 Å². The van der Waals surface area contributed by atoms with Crippen LogP contribution in [0.1, 0.15) is 12.8 Å². The van der Waals surface area contributed by atoms with E-state index in [-0.39, 0.29) is 24.2 Å². The Bertz CT molecular complexity index is 417. The number of likely N-dealkylation sites (tertiary alicyclic amines) is 1. The molecule has 1 saturated heterocycles. The minimum absolute atomic E-state index is 0.169. The third-order valence-electron chi connectivity index (χ3n) is 3.28. The summed E-state index contributed by atoms with van der Waals surface area (Å²) in [4.78, 5) is 13.6. The lowest BCUT2D eigenvalue weighted by Gasteiger charge is -2.31. The van der Waals surface area contributed by atoms with Crippen molar-refractivity contribution in [3.05, 3.63) is 30.1 Å². The molecule has 1 aliphatic rings. The molecule has 1 aromatic rings. The van der Waals surface area contributed by atoms with Gasteiger partial charge in [0, 0.05) is 19.7 Å². The summed E-state index contributed by atoms with van der Waals surface area (Å²) in [6.45, 7) is 1.37. The highest BCUT2D eigenvalue weighted by Gasteiger charge is 2.22. The van der Waals surface area contributed by atoms with Crippen LogP contribution in [0, 0.1) is 11.7 Å².